The fraction of sp³-hybridized carbons (Fsp3) is 0.500. The van der Waals surface area contributed by atoms with Crippen LogP contribution in [0.25, 0.3) is 0 Å². The normalized spacial score (nSPS) is 10.6. The maximum atomic E-state index is 5.68. The zero-order valence-electron chi connectivity index (χ0n) is 11.2. The Morgan fingerprint density at radius 2 is 2.17 bits per heavy atom. The van der Waals surface area contributed by atoms with Crippen LogP contribution < -0.4 is 10.5 Å². The van der Waals surface area contributed by atoms with Gasteiger partial charge in [-0.15, -0.1) is 0 Å². The molecule has 0 unspecified atom stereocenters. The van der Waals surface area contributed by atoms with Gasteiger partial charge in [-0.1, -0.05) is 31.3 Å². The van der Waals surface area contributed by atoms with Crippen LogP contribution in [0.5, 0.6) is 5.75 Å². The Balaban J connectivity index is 2.31. The summed E-state index contributed by atoms with van der Waals surface area (Å²) in [7, 11) is 2.14. The second-order valence-corrected chi connectivity index (χ2v) is 4.84. The molecule has 0 spiro atoms. The first-order valence-electron chi connectivity index (χ1n) is 6.34. The number of thiocarbonyl (C=S) groups is 1. The molecule has 0 fully saturated rings. The van der Waals surface area contributed by atoms with Crippen molar-refractivity contribution in [3.63, 3.8) is 0 Å². The Labute approximate surface area is 115 Å². The van der Waals surface area contributed by atoms with E-state index >= 15 is 0 Å². The molecule has 0 aliphatic heterocycles. The Hall–Kier alpha value is -1.13. The molecule has 0 atom stereocenters. The maximum absolute atomic E-state index is 5.68. The smallest absolute Gasteiger partial charge is 0.119 e. The molecule has 0 heterocycles. The molecule has 0 saturated carbocycles. The number of nitrogens with two attached hydrogens (primary N) is 1. The van der Waals surface area contributed by atoms with Crippen LogP contribution in [0.2, 0.25) is 0 Å². The molecule has 0 amide bonds. The van der Waals surface area contributed by atoms with Gasteiger partial charge in [-0.05, 0) is 38.6 Å². The summed E-state index contributed by atoms with van der Waals surface area (Å²) in [4.78, 5) is 2.72. The van der Waals surface area contributed by atoms with Crippen molar-refractivity contribution in [2.24, 2.45) is 5.73 Å². The Kier molecular flexibility index (Phi) is 6.68. The second-order valence-electron chi connectivity index (χ2n) is 4.40. The minimum absolute atomic E-state index is 0.406. The van der Waals surface area contributed by atoms with E-state index in [0.717, 1.165) is 37.4 Å². The first kappa shape index (κ1) is 14.9. The summed E-state index contributed by atoms with van der Waals surface area (Å²) in [5.41, 5.74) is 6.43. The van der Waals surface area contributed by atoms with Crippen LogP contribution >= 0.6 is 12.2 Å². The lowest BCUT2D eigenvalue weighted by molar-refractivity contribution is 0.263. The summed E-state index contributed by atoms with van der Waals surface area (Å²) in [6, 6.07) is 7.62. The molecular formula is C14H22N2OS. The lowest BCUT2D eigenvalue weighted by Crippen LogP contribution is -2.21. The van der Waals surface area contributed by atoms with Gasteiger partial charge in [-0.25, -0.2) is 0 Å². The van der Waals surface area contributed by atoms with Crippen LogP contribution in [0.1, 0.15) is 25.3 Å². The molecule has 1 aromatic carbocycles. The van der Waals surface area contributed by atoms with Gasteiger partial charge in [0.25, 0.3) is 0 Å². The minimum Gasteiger partial charge on any atom is -0.494 e. The SMILES string of the molecule is CCCN(C)CCCOc1cccc(C(N)=S)c1. The van der Waals surface area contributed by atoms with E-state index in [1.165, 1.54) is 6.42 Å². The Bertz CT molecular complexity index is 382. The van der Waals surface area contributed by atoms with Crippen molar-refractivity contribution < 1.29 is 4.74 Å². The van der Waals surface area contributed by atoms with Gasteiger partial charge in [-0.2, -0.15) is 0 Å². The van der Waals surface area contributed by atoms with E-state index in [9.17, 15) is 0 Å². The first-order chi connectivity index (χ1) is 8.63. The largest absolute Gasteiger partial charge is 0.494 e. The number of nitrogens with zero attached hydrogens (tertiary/aromatic N) is 1. The van der Waals surface area contributed by atoms with E-state index in [-0.39, 0.29) is 0 Å². The zero-order valence-corrected chi connectivity index (χ0v) is 12.0. The molecule has 100 valence electrons. The first-order valence-corrected chi connectivity index (χ1v) is 6.75. The van der Waals surface area contributed by atoms with Crippen molar-refractivity contribution in [3.8, 4) is 5.75 Å². The summed E-state index contributed by atoms with van der Waals surface area (Å²) in [5.74, 6) is 0.832. The van der Waals surface area contributed by atoms with E-state index in [1.54, 1.807) is 0 Å². The average molecular weight is 266 g/mol. The molecule has 0 radical (unpaired) electrons. The van der Waals surface area contributed by atoms with Crippen LogP contribution in [0.4, 0.5) is 0 Å². The van der Waals surface area contributed by atoms with Gasteiger partial charge in [0, 0.05) is 12.1 Å². The highest BCUT2D eigenvalue weighted by Crippen LogP contribution is 2.13. The zero-order chi connectivity index (χ0) is 13.4. The van der Waals surface area contributed by atoms with E-state index in [4.69, 9.17) is 22.7 Å². The highest BCUT2D eigenvalue weighted by Gasteiger charge is 2.00. The summed E-state index contributed by atoms with van der Waals surface area (Å²) in [6.07, 6.45) is 2.21. The van der Waals surface area contributed by atoms with Crippen molar-refractivity contribution in [1.82, 2.24) is 4.90 Å². The molecule has 0 saturated heterocycles. The quantitative estimate of drug-likeness (QED) is 0.579. The van der Waals surface area contributed by atoms with E-state index in [2.05, 4.69) is 18.9 Å². The lowest BCUT2D eigenvalue weighted by Gasteiger charge is -2.15. The summed E-state index contributed by atoms with van der Waals surface area (Å²) >= 11 is 4.94. The standard InChI is InChI=1S/C14H22N2OS/c1-3-8-16(2)9-5-10-17-13-7-4-6-12(11-13)14(15)18/h4,6-7,11H,3,5,8-10H2,1-2H3,(H2,15,18). The number of hydrogen-bond acceptors (Lipinski definition) is 3. The number of rotatable bonds is 8. The Morgan fingerprint density at radius 3 is 2.83 bits per heavy atom. The monoisotopic (exact) mass is 266 g/mol. The molecule has 18 heavy (non-hydrogen) atoms. The predicted molar refractivity (Wildman–Crippen MR) is 80.2 cm³/mol. The third-order valence-electron chi connectivity index (χ3n) is 2.68. The molecule has 0 aliphatic carbocycles. The van der Waals surface area contributed by atoms with Crippen LogP contribution in [0, 0.1) is 0 Å². The van der Waals surface area contributed by atoms with Gasteiger partial charge in [0.1, 0.15) is 10.7 Å². The number of ether oxygens (including phenoxy) is 1. The predicted octanol–water partition coefficient (Wildman–Crippen LogP) is 2.43. The van der Waals surface area contributed by atoms with Crippen molar-refractivity contribution in [1.29, 1.82) is 0 Å². The van der Waals surface area contributed by atoms with Gasteiger partial charge in [0.2, 0.25) is 0 Å². The Morgan fingerprint density at radius 1 is 1.39 bits per heavy atom. The molecule has 1 aromatic rings. The molecule has 4 heteroatoms. The van der Waals surface area contributed by atoms with Gasteiger partial charge in [0.05, 0.1) is 6.61 Å². The van der Waals surface area contributed by atoms with Crippen LogP contribution in [-0.4, -0.2) is 36.6 Å². The average Bonchev–Trinajstić information content (AvgIpc) is 2.35. The van der Waals surface area contributed by atoms with Gasteiger partial charge < -0.3 is 15.4 Å². The summed E-state index contributed by atoms with van der Waals surface area (Å²) < 4.78 is 5.68. The molecule has 0 aliphatic rings. The summed E-state index contributed by atoms with van der Waals surface area (Å²) in [6.45, 7) is 5.10. The topological polar surface area (TPSA) is 38.5 Å². The van der Waals surface area contributed by atoms with Crippen molar-refractivity contribution in [3.05, 3.63) is 29.8 Å². The fourth-order valence-corrected chi connectivity index (χ4v) is 1.88. The lowest BCUT2D eigenvalue weighted by atomic mass is 10.2. The molecule has 0 aromatic heterocycles. The van der Waals surface area contributed by atoms with Crippen LogP contribution in [0.15, 0.2) is 24.3 Å². The minimum atomic E-state index is 0.406. The molecule has 1 rings (SSSR count). The second kappa shape index (κ2) is 8.06. The molecule has 3 nitrogen and oxygen atoms in total. The summed E-state index contributed by atoms with van der Waals surface area (Å²) in [5, 5.41) is 0. The number of benzene rings is 1. The van der Waals surface area contributed by atoms with E-state index in [1.807, 2.05) is 24.3 Å². The van der Waals surface area contributed by atoms with Crippen molar-refractivity contribution in [2.45, 2.75) is 19.8 Å². The maximum Gasteiger partial charge on any atom is 0.119 e. The van der Waals surface area contributed by atoms with E-state index in [0.29, 0.717) is 4.99 Å². The fourth-order valence-electron chi connectivity index (χ4n) is 1.76. The highest BCUT2D eigenvalue weighted by molar-refractivity contribution is 7.80. The highest BCUT2D eigenvalue weighted by atomic mass is 32.1. The molecule has 2 N–H and O–H groups in total. The van der Waals surface area contributed by atoms with Crippen molar-refractivity contribution in [2.75, 3.05) is 26.7 Å². The van der Waals surface area contributed by atoms with Gasteiger partial charge in [0.15, 0.2) is 0 Å². The third-order valence-corrected chi connectivity index (χ3v) is 2.91. The van der Waals surface area contributed by atoms with E-state index < -0.39 is 0 Å². The molecule has 0 bridgehead atoms. The van der Waals surface area contributed by atoms with Crippen LogP contribution in [0.3, 0.4) is 0 Å². The van der Waals surface area contributed by atoms with Gasteiger partial charge >= 0.3 is 0 Å². The van der Waals surface area contributed by atoms with Crippen LogP contribution in [-0.2, 0) is 0 Å². The van der Waals surface area contributed by atoms with Gasteiger partial charge in [-0.3, -0.25) is 0 Å². The third kappa shape index (κ3) is 5.47. The number of hydrogen-bond donors (Lipinski definition) is 1. The van der Waals surface area contributed by atoms with Crippen molar-refractivity contribution >= 4 is 17.2 Å². The molecular weight excluding hydrogens is 244 g/mol.